The van der Waals surface area contributed by atoms with Crippen molar-refractivity contribution in [1.82, 2.24) is 16.0 Å². The van der Waals surface area contributed by atoms with Gasteiger partial charge in [0.25, 0.3) is 5.79 Å². The Morgan fingerprint density at radius 1 is 0.493 bits per heavy atom. The minimum absolute atomic E-state index is 0.0144. The molecule has 28 atom stereocenters. The predicted octanol–water partition coefficient (Wildman–Crippen LogP) is 14.9. The first-order chi connectivity index (χ1) is 68.1. The van der Waals surface area contributed by atoms with E-state index in [9.17, 15) is 57.8 Å². The van der Waals surface area contributed by atoms with Gasteiger partial charge in [0.15, 0.2) is 31.3 Å². The van der Waals surface area contributed by atoms with Gasteiger partial charge in [-0.15, -0.1) is 0 Å². The average Bonchev–Trinajstić information content (AvgIpc) is 0.745. The SMILES string of the molecule is CCCCCCCCCCCCC/C=C/[C@H]1OC(=O)CCC(=O)OC[C@@H]2O[C@@H](OC[C@@H]1NC(=O)CCCCCCCCCCCCCCCCC)C(OC(=O)c1ccccc1)C(O)[C@@H]2O[C@@H]1OC(COC(=O)c2ccccc2)[C@H](O[C@@H]2OC(COC(C)=O)[C@H](C)[C@H](O[C@@H]3OC(COC(C)=O)[C@H](C)[C@H](C)C3NC(C)=O)C2NC(C)=O)[C@H](O[C@]2(C(=O)OC)CC(C)[C@H](C)[C@H]([C@H](C)[C@@H](COC(C)=O)OC(C)=O)O2)C1C. The van der Waals surface area contributed by atoms with Gasteiger partial charge in [0.2, 0.25) is 17.7 Å². The Balaban J connectivity index is 1.25. The lowest BCUT2D eigenvalue weighted by Crippen LogP contribution is -2.69. The molecule has 0 saturated carbocycles. The number of cyclic esters (lactones) is 2. The summed E-state index contributed by atoms with van der Waals surface area (Å²) in [4.78, 5) is 167. The molecule has 6 fully saturated rings. The largest absolute Gasteiger partial charge is 0.465 e. The molecule has 0 spiro atoms. The highest BCUT2D eigenvalue weighted by molar-refractivity contribution is 5.90. The van der Waals surface area contributed by atoms with E-state index >= 15 is 4.79 Å². The number of rotatable bonds is 55. The third kappa shape index (κ3) is 38.3. The molecular weight excluding hydrogens is 1840 g/mol. The number of hydrogen-bond donors (Lipinski definition) is 4. The lowest BCUT2D eigenvalue weighted by Gasteiger charge is -2.54. The Morgan fingerprint density at radius 3 is 1.53 bits per heavy atom. The Labute approximate surface area is 839 Å². The van der Waals surface area contributed by atoms with Crippen LogP contribution in [0.4, 0.5) is 0 Å². The molecule has 0 aliphatic carbocycles. The summed E-state index contributed by atoms with van der Waals surface area (Å²) >= 11 is 0. The molecule has 6 aliphatic heterocycles. The number of esters is 9. The molecule has 2 aromatic rings. The minimum Gasteiger partial charge on any atom is -0.465 e. The standard InChI is InChI=1S/C107H165N3O32/c1-17-19-21-23-25-27-29-31-32-34-36-38-40-42-50-56-88(117)110-81-60-130-105-99(137-101(122)80-53-47-44-48-54-80)93(120)97(86(136-105)64-128-89(118)57-58-90(119)132-82(81)55-49-41-39-37-35-33-30-28-26-24-22-20-18-2)139-102-72(9)96(142-107(106(123)124-16)59-66(3)67(4)94(141-107)70(7)84(131-78(15)116)62-126-76(13)114)98(87(135-102)65-129-100(121)79-51-45-43-46-52-79)140-104-92(109-74(11)112)95(71(8)85(134-104)63-127-77(14)115)138-103-91(108-73(10)111)69(6)68(5)83(133-103)61-125-75(12)113/h43-49,51-55,66-72,81-87,91-99,102-105,120H,17-42,50,56-65H2,1-16H3,(H,108,111)(H,109,112)(H,110,117)/b55-49+/t66?,67-,68+,69-,70+,71-,72?,81-,82+,83?,84+,85?,86-,87?,91?,92?,93?,94+,95-,96+,97+,98-,99?,102-,103-,104-,105+,107-/m0/s1. The molecule has 142 heavy (non-hydrogen) atoms. The van der Waals surface area contributed by atoms with Crippen LogP contribution in [-0.4, -0.2) is 252 Å². The quantitative estimate of drug-likeness (QED) is 0.0207. The Hall–Kier alpha value is -8.62. The summed E-state index contributed by atoms with van der Waals surface area (Å²) < 4.78 is 124. The minimum atomic E-state index is -2.60. The zero-order valence-corrected chi connectivity index (χ0v) is 86.8. The normalized spacial score (nSPS) is 30.2. The van der Waals surface area contributed by atoms with Crippen LogP contribution in [0.15, 0.2) is 72.8 Å². The highest BCUT2D eigenvalue weighted by Crippen LogP contribution is 2.48. The molecule has 6 aliphatic rings. The first-order valence-electron chi connectivity index (χ1n) is 52.3. The van der Waals surface area contributed by atoms with Gasteiger partial charge in [-0.05, 0) is 73.3 Å². The van der Waals surface area contributed by atoms with Crippen molar-refractivity contribution < 1.29 is 153 Å². The van der Waals surface area contributed by atoms with Crippen LogP contribution in [0.3, 0.4) is 0 Å². The molecule has 3 amide bonds. The van der Waals surface area contributed by atoms with Crippen molar-refractivity contribution >= 4 is 71.4 Å². The van der Waals surface area contributed by atoms with Gasteiger partial charge in [0.05, 0.1) is 80.3 Å². The second-order valence-corrected chi connectivity index (χ2v) is 39.5. The summed E-state index contributed by atoms with van der Waals surface area (Å²) in [6, 6.07) is 12.0. The van der Waals surface area contributed by atoms with E-state index in [1.54, 1.807) is 56.3 Å². The van der Waals surface area contributed by atoms with Crippen LogP contribution in [-0.2, 0) is 138 Å². The van der Waals surface area contributed by atoms with Gasteiger partial charge in [-0.25, -0.2) is 14.4 Å². The highest BCUT2D eigenvalue weighted by atomic mass is 16.8. The molecule has 9 unspecified atom stereocenters. The van der Waals surface area contributed by atoms with Crippen molar-refractivity contribution in [2.45, 2.75) is 431 Å². The Bertz CT molecular complexity index is 4200. The Morgan fingerprint density at radius 2 is 0.986 bits per heavy atom. The van der Waals surface area contributed by atoms with Crippen molar-refractivity contribution in [3.05, 3.63) is 83.9 Å². The topological polar surface area (TPSA) is 437 Å². The fourth-order valence-corrected chi connectivity index (χ4v) is 19.5. The third-order valence-electron chi connectivity index (χ3n) is 28.1. The van der Waals surface area contributed by atoms with Gasteiger partial charge in [0.1, 0.15) is 81.8 Å². The number of aliphatic hydroxyl groups excluding tert-OH is 1. The van der Waals surface area contributed by atoms with Crippen LogP contribution in [0.25, 0.3) is 0 Å². The smallest absolute Gasteiger partial charge is 0.366 e. The van der Waals surface area contributed by atoms with Crippen LogP contribution >= 0.6 is 0 Å². The molecule has 800 valence electrons. The summed E-state index contributed by atoms with van der Waals surface area (Å²) in [5.41, 5.74) is 0.0704. The first kappa shape index (κ1) is 119. The molecule has 35 heteroatoms. The fourth-order valence-electron chi connectivity index (χ4n) is 19.5. The lowest BCUT2D eigenvalue weighted by atomic mass is 9.76. The van der Waals surface area contributed by atoms with E-state index < -0.39 is 275 Å². The highest BCUT2D eigenvalue weighted by Gasteiger charge is 2.62. The number of aliphatic hydroxyl groups is 1. The summed E-state index contributed by atoms with van der Waals surface area (Å²) in [7, 11) is 1.09. The van der Waals surface area contributed by atoms with E-state index in [1.807, 2.05) is 33.8 Å². The fraction of sp³-hybridized carbons (Fsp3) is 0.757. The molecule has 35 nitrogen and oxygen atoms in total. The summed E-state index contributed by atoms with van der Waals surface area (Å²) in [5, 5.41) is 22.7. The number of unbranched alkanes of at least 4 members (excludes halogenated alkanes) is 25. The van der Waals surface area contributed by atoms with Crippen molar-refractivity contribution in [2.24, 2.45) is 41.4 Å². The molecule has 0 radical (unpaired) electrons. The van der Waals surface area contributed by atoms with Crippen LogP contribution in [0, 0.1) is 41.4 Å². The number of amides is 3. The van der Waals surface area contributed by atoms with Crippen molar-refractivity contribution in [3.8, 4) is 0 Å². The number of allylic oxidation sites excluding steroid dienone is 1. The van der Waals surface area contributed by atoms with E-state index in [0.717, 1.165) is 71.3 Å². The van der Waals surface area contributed by atoms with E-state index in [2.05, 4.69) is 29.8 Å². The average molecular weight is 2010 g/mol. The van der Waals surface area contributed by atoms with Crippen LogP contribution in [0.1, 0.15) is 324 Å². The van der Waals surface area contributed by atoms with E-state index in [-0.39, 0.29) is 42.4 Å². The summed E-state index contributed by atoms with van der Waals surface area (Å²) in [6.45, 7) is 20.7. The number of ether oxygens (including phenoxy) is 19. The molecular formula is C107H165N3O32. The third-order valence-corrected chi connectivity index (χ3v) is 28.1. The number of methoxy groups -OCH3 is 1. The van der Waals surface area contributed by atoms with E-state index in [0.29, 0.717) is 12.8 Å². The second kappa shape index (κ2) is 62.4. The maximum absolute atomic E-state index is 15.7. The lowest BCUT2D eigenvalue weighted by molar-refractivity contribution is -0.394. The maximum Gasteiger partial charge on any atom is 0.366 e. The molecule has 6 heterocycles. The number of hydrogen-bond acceptors (Lipinski definition) is 32. The monoisotopic (exact) mass is 2000 g/mol. The molecule has 6 saturated heterocycles. The number of benzene rings is 2. The van der Waals surface area contributed by atoms with Gasteiger partial charge >= 0.3 is 53.7 Å². The van der Waals surface area contributed by atoms with Crippen molar-refractivity contribution in [3.63, 3.8) is 0 Å². The first-order valence-corrected chi connectivity index (χ1v) is 52.3. The van der Waals surface area contributed by atoms with E-state index in [4.69, 9.17) is 90.0 Å². The molecule has 0 aromatic heterocycles. The van der Waals surface area contributed by atoms with E-state index in [1.165, 1.54) is 169 Å². The maximum atomic E-state index is 15.7. The molecule has 8 rings (SSSR count). The van der Waals surface area contributed by atoms with Crippen LogP contribution in [0.2, 0.25) is 0 Å². The zero-order chi connectivity index (χ0) is 103. The van der Waals surface area contributed by atoms with Gasteiger partial charge in [-0.3, -0.25) is 43.2 Å². The zero-order valence-electron chi connectivity index (χ0n) is 86.8. The number of nitrogens with one attached hydrogen (secondary N) is 3. The Kier molecular flexibility index (Phi) is 52.1. The van der Waals surface area contributed by atoms with Crippen molar-refractivity contribution in [2.75, 3.05) is 46.8 Å². The van der Waals surface area contributed by atoms with Crippen molar-refractivity contribution in [1.29, 1.82) is 0 Å². The van der Waals surface area contributed by atoms with Gasteiger partial charge in [0, 0.05) is 72.1 Å². The number of fused-ring (bicyclic) bond motifs is 2. The summed E-state index contributed by atoms with van der Waals surface area (Å²) in [6.07, 6.45) is 4.99. The van der Waals surface area contributed by atoms with Gasteiger partial charge < -0.3 is 111 Å². The van der Waals surface area contributed by atoms with Crippen LogP contribution in [0.5, 0.6) is 0 Å². The summed E-state index contributed by atoms with van der Waals surface area (Å²) in [5.74, 6) is -17.0. The molecule has 2 aromatic carbocycles. The van der Waals surface area contributed by atoms with Gasteiger partial charge in [-0.1, -0.05) is 259 Å². The van der Waals surface area contributed by atoms with Crippen LogP contribution < -0.4 is 16.0 Å². The molecule has 4 N–H and O–H groups in total. The number of carbonyl (C=O) groups is 12. The second-order valence-electron chi connectivity index (χ2n) is 39.5. The van der Waals surface area contributed by atoms with Gasteiger partial charge in [-0.2, -0.15) is 0 Å². The number of carbonyl (C=O) groups excluding carboxylic acids is 12. The molecule has 2 bridgehead atoms. The predicted molar refractivity (Wildman–Crippen MR) is 519 cm³/mol.